The Balaban J connectivity index is 3.48. The van der Waals surface area contributed by atoms with E-state index in [0.29, 0.717) is 0 Å². The molecule has 0 aliphatic rings. The lowest BCUT2D eigenvalue weighted by Crippen LogP contribution is -2.43. The van der Waals surface area contributed by atoms with E-state index in [2.05, 4.69) is 5.10 Å². The maximum atomic E-state index is 11.5. The number of H-pyrrole nitrogens is 1. The van der Waals surface area contributed by atoms with Crippen molar-refractivity contribution in [1.82, 2.24) is 9.78 Å². The molecule has 5 nitrogen and oxygen atoms in total. The molecule has 1 rings (SSSR count). The van der Waals surface area contributed by atoms with Crippen LogP contribution in [0.25, 0.3) is 0 Å². The standard InChI is InChI=1S/C9H14N2O3/c1-9(2,3)11-8(13)7(12)6(14-4)5-10-11/h5,10H,1-4H3. The minimum absolute atomic E-state index is 0.0375. The highest BCUT2D eigenvalue weighted by atomic mass is 16.5. The summed E-state index contributed by atoms with van der Waals surface area (Å²) in [6, 6.07) is 0. The van der Waals surface area contributed by atoms with E-state index in [9.17, 15) is 9.59 Å². The summed E-state index contributed by atoms with van der Waals surface area (Å²) in [4.78, 5) is 22.9. The molecule has 14 heavy (non-hydrogen) atoms. The summed E-state index contributed by atoms with van der Waals surface area (Å²) >= 11 is 0. The average molecular weight is 198 g/mol. The van der Waals surface area contributed by atoms with Crippen molar-refractivity contribution in [1.29, 1.82) is 0 Å². The first-order chi connectivity index (χ1) is 6.38. The van der Waals surface area contributed by atoms with E-state index < -0.39 is 16.5 Å². The molecule has 0 saturated carbocycles. The molecule has 0 aliphatic carbocycles. The van der Waals surface area contributed by atoms with Crippen LogP contribution in [0.1, 0.15) is 20.8 Å². The number of aromatic nitrogens is 2. The van der Waals surface area contributed by atoms with Crippen molar-refractivity contribution in [2.75, 3.05) is 7.11 Å². The van der Waals surface area contributed by atoms with Gasteiger partial charge >= 0.3 is 5.56 Å². The summed E-state index contributed by atoms with van der Waals surface area (Å²) in [5.74, 6) is 0.0375. The predicted octanol–water partition coefficient (Wildman–Crippen LogP) is 0.300. The van der Waals surface area contributed by atoms with Crippen LogP contribution in [0.15, 0.2) is 15.8 Å². The van der Waals surface area contributed by atoms with Crippen molar-refractivity contribution < 1.29 is 4.74 Å². The largest absolute Gasteiger partial charge is 0.491 e. The Morgan fingerprint density at radius 1 is 1.36 bits per heavy atom. The quantitative estimate of drug-likeness (QED) is 0.660. The van der Waals surface area contributed by atoms with Gasteiger partial charge in [-0.2, -0.15) is 0 Å². The molecular formula is C9H14N2O3. The van der Waals surface area contributed by atoms with Crippen molar-refractivity contribution in [3.63, 3.8) is 0 Å². The molecule has 1 aromatic rings. The number of hydrogen-bond acceptors (Lipinski definition) is 3. The van der Waals surface area contributed by atoms with Gasteiger partial charge in [0.2, 0.25) is 0 Å². The summed E-state index contributed by atoms with van der Waals surface area (Å²) < 4.78 is 6.01. The summed E-state index contributed by atoms with van der Waals surface area (Å²) in [5, 5.41) is 2.72. The second-order valence-electron chi connectivity index (χ2n) is 3.98. The molecule has 0 atom stereocenters. The molecule has 1 heterocycles. The van der Waals surface area contributed by atoms with Crippen molar-refractivity contribution in [3.8, 4) is 5.75 Å². The summed E-state index contributed by atoms with van der Waals surface area (Å²) in [5.41, 5.74) is -1.67. The maximum absolute atomic E-state index is 11.5. The number of nitrogens with one attached hydrogen (secondary N) is 1. The molecule has 0 radical (unpaired) electrons. The lowest BCUT2D eigenvalue weighted by atomic mass is 10.1. The van der Waals surface area contributed by atoms with Gasteiger partial charge in [0.1, 0.15) is 0 Å². The summed E-state index contributed by atoms with van der Waals surface area (Å²) in [6.07, 6.45) is 1.38. The third-order valence-electron chi connectivity index (χ3n) is 1.84. The first kappa shape index (κ1) is 10.6. The zero-order valence-electron chi connectivity index (χ0n) is 8.75. The number of ether oxygens (including phenoxy) is 1. The Kier molecular flexibility index (Phi) is 2.51. The van der Waals surface area contributed by atoms with Crippen LogP contribution in [-0.2, 0) is 5.54 Å². The van der Waals surface area contributed by atoms with Crippen molar-refractivity contribution in [3.05, 3.63) is 26.8 Å². The fourth-order valence-electron chi connectivity index (χ4n) is 1.10. The van der Waals surface area contributed by atoms with Gasteiger partial charge in [-0.05, 0) is 20.8 Å². The SMILES string of the molecule is COc1c[nH]n(C(C)(C)C)c(=O)c1=O. The van der Waals surface area contributed by atoms with Crippen LogP contribution in [-0.4, -0.2) is 16.9 Å². The lowest BCUT2D eigenvalue weighted by molar-refractivity contribution is 0.326. The number of hydrogen-bond donors (Lipinski definition) is 1. The summed E-state index contributed by atoms with van der Waals surface area (Å²) in [7, 11) is 1.35. The molecule has 0 fully saturated rings. The predicted molar refractivity (Wildman–Crippen MR) is 52.9 cm³/mol. The lowest BCUT2D eigenvalue weighted by Gasteiger charge is -2.21. The first-order valence-corrected chi connectivity index (χ1v) is 4.27. The van der Waals surface area contributed by atoms with Crippen LogP contribution in [0.5, 0.6) is 5.75 Å². The van der Waals surface area contributed by atoms with Gasteiger partial charge in [0.25, 0.3) is 5.43 Å². The number of methoxy groups -OCH3 is 1. The molecule has 0 saturated heterocycles. The van der Waals surface area contributed by atoms with Gasteiger partial charge in [-0.15, -0.1) is 0 Å². The van der Waals surface area contributed by atoms with Gasteiger partial charge in [0.15, 0.2) is 5.75 Å². The Bertz CT molecular complexity index is 437. The second-order valence-corrected chi connectivity index (χ2v) is 3.98. The van der Waals surface area contributed by atoms with Gasteiger partial charge in [0.05, 0.1) is 18.8 Å². The molecule has 1 N–H and O–H groups in total. The normalized spacial score (nSPS) is 11.4. The van der Waals surface area contributed by atoms with E-state index in [1.807, 2.05) is 20.8 Å². The van der Waals surface area contributed by atoms with Gasteiger partial charge in [0, 0.05) is 0 Å². The Hall–Kier alpha value is -1.52. The van der Waals surface area contributed by atoms with E-state index in [1.165, 1.54) is 18.0 Å². The minimum Gasteiger partial charge on any atom is -0.491 e. The average Bonchev–Trinajstić information content (AvgIpc) is 2.07. The monoisotopic (exact) mass is 198 g/mol. The van der Waals surface area contributed by atoms with Crippen molar-refractivity contribution in [2.45, 2.75) is 26.3 Å². The van der Waals surface area contributed by atoms with Gasteiger partial charge in [-0.3, -0.25) is 14.7 Å². The topological polar surface area (TPSA) is 64.1 Å². The maximum Gasteiger partial charge on any atom is 0.317 e. The second kappa shape index (κ2) is 3.32. The fourth-order valence-corrected chi connectivity index (χ4v) is 1.10. The van der Waals surface area contributed by atoms with Crippen LogP contribution in [0.3, 0.4) is 0 Å². The molecule has 0 bridgehead atoms. The summed E-state index contributed by atoms with van der Waals surface area (Å²) in [6.45, 7) is 5.49. The van der Waals surface area contributed by atoms with E-state index in [-0.39, 0.29) is 5.75 Å². The van der Waals surface area contributed by atoms with Crippen molar-refractivity contribution >= 4 is 0 Å². The molecule has 0 aromatic carbocycles. The Labute approximate surface area is 81.3 Å². The van der Waals surface area contributed by atoms with Crippen molar-refractivity contribution in [2.24, 2.45) is 0 Å². The van der Waals surface area contributed by atoms with Gasteiger partial charge < -0.3 is 4.74 Å². The molecule has 0 aliphatic heterocycles. The molecular weight excluding hydrogens is 184 g/mol. The molecule has 78 valence electrons. The van der Waals surface area contributed by atoms with Crippen LogP contribution in [0.2, 0.25) is 0 Å². The molecule has 5 heteroatoms. The highest BCUT2D eigenvalue weighted by molar-refractivity contribution is 5.14. The molecule has 0 unspecified atom stereocenters. The molecule has 0 amide bonds. The molecule has 1 aromatic heterocycles. The highest BCUT2D eigenvalue weighted by Gasteiger charge is 2.17. The third kappa shape index (κ3) is 1.71. The van der Waals surface area contributed by atoms with E-state index in [1.54, 1.807) is 0 Å². The zero-order chi connectivity index (χ0) is 10.9. The fraction of sp³-hybridized carbons (Fsp3) is 0.556. The Morgan fingerprint density at radius 3 is 2.36 bits per heavy atom. The van der Waals surface area contributed by atoms with E-state index in [4.69, 9.17) is 4.74 Å². The minimum atomic E-state index is -0.624. The number of rotatable bonds is 1. The van der Waals surface area contributed by atoms with Crippen LogP contribution >= 0.6 is 0 Å². The van der Waals surface area contributed by atoms with Crippen LogP contribution < -0.4 is 15.7 Å². The number of nitrogens with zero attached hydrogens (tertiary/aromatic N) is 1. The highest BCUT2D eigenvalue weighted by Crippen LogP contribution is 2.08. The third-order valence-corrected chi connectivity index (χ3v) is 1.84. The van der Waals surface area contributed by atoms with Gasteiger partial charge in [-0.1, -0.05) is 0 Å². The van der Waals surface area contributed by atoms with Gasteiger partial charge in [-0.25, -0.2) is 4.68 Å². The number of aromatic amines is 1. The van der Waals surface area contributed by atoms with Crippen LogP contribution in [0, 0.1) is 0 Å². The van der Waals surface area contributed by atoms with E-state index in [0.717, 1.165) is 0 Å². The van der Waals surface area contributed by atoms with E-state index >= 15 is 0 Å². The smallest absolute Gasteiger partial charge is 0.317 e. The Morgan fingerprint density at radius 2 is 1.93 bits per heavy atom. The first-order valence-electron chi connectivity index (χ1n) is 4.27. The molecule has 0 spiro atoms. The zero-order valence-corrected chi connectivity index (χ0v) is 8.75. The van der Waals surface area contributed by atoms with Crippen LogP contribution in [0.4, 0.5) is 0 Å².